The summed E-state index contributed by atoms with van der Waals surface area (Å²) in [7, 11) is 1.35. The number of esters is 1. The summed E-state index contributed by atoms with van der Waals surface area (Å²) in [6, 6.07) is 3.63. The molecule has 2 aromatic heterocycles. The van der Waals surface area contributed by atoms with Gasteiger partial charge in [-0.15, -0.1) is 0 Å². The van der Waals surface area contributed by atoms with E-state index >= 15 is 0 Å². The van der Waals surface area contributed by atoms with Crippen molar-refractivity contribution in [2.45, 2.75) is 33.4 Å². The minimum atomic E-state index is -0.417. The number of nitrogens with zero attached hydrogens (tertiary/aromatic N) is 2. The number of nitrogens with one attached hydrogen (secondary N) is 1. The minimum absolute atomic E-state index is 0.00485. The Bertz CT molecular complexity index is 802. The fourth-order valence-corrected chi connectivity index (χ4v) is 3.71. The van der Waals surface area contributed by atoms with Crippen LogP contribution in [0.4, 0.5) is 0 Å². The monoisotopic (exact) mass is 373 g/mol. The first-order valence-corrected chi connectivity index (χ1v) is 9.22. The van der Waals surface area contributed by atoms with Gasteiger partial charge in [0, 0.05) is 31.9 Å². The van der Waals surface area contributed by atoms with E-state index in [0.29, 0.717) is 22.5 Å². The molecule has 3 rings (SSSR count). The molecule has 1 fully saturated rings. The predicted octanol–water partition coefficient (Wildman–Crippen LogP) is 2.40. The molecule has 1 aliphatic heterocycles. The van der Waals surface area contributed by atoms with Crippen molar-refractivity contribution in [1.82, 2.24) is 14.8 Å². The highest BCUT2D eigenvalue weighted by molar-refractivity contribution is 6.03. The lowest BCUT2D eigenvalue weighted by molar-refractivity contribution is 0.0599. The van der Waals surface area contributed by atoms with E-state index in [1.165, 1.54) is 7.11 Å². The lowest BCUT2D eigenvalue weighted by Gasteiger charge is -2.37. The molecule has 3 heterocycles. The Hall–Kier alpha value is -2.38. The van der Waals surface area contributed by atoms with E-state index in [9.17, 15) is 9.59 Å². The van der Waals surface area contributed by atoms with Crippen LogP contribution >= 0.6 is 0 Å². The second-order valence-electron chi connectivity index (χ2n) is 7.05. The zero-order chi connectivity index (χ0) is 19.6. The van der Waals surface area contributed by atoms with Crippen LogP contribution in [0, 0.1) is 13.8 Å². The average Bonchev–Trinajstić information content (AvgIpc) is 3.28. The Morgan fingerprint density at radius 3 is 2.56 bits per heavy atom. The smallest absolute Gasteiger partial charge is 0.339 e. The Morgan fingerprint density at radius 2 is 1.96 bits per heavy atom. The third kappa shape index (κ3) is 3.99. The van der Waals surface area contributed by atoms with Crippen LogP contribution in [0.1, 0.15) is 44.8 Å². The number of methoxy groups -OCH3 is 1. The number of rotatable bonds is 6. The highest BCUT2D eigenvalue weighted by Gasteiger charge is 2.30. The summed E-state index contributed by atoms with van der Waals surface area (Å²) < 4.78 is 10.2. The van der Waals surface area contributed by atoms with Crippen LogP contribution in [-0.4, -0.2) is 65.9 Å². The number of hydrogen-bond acceptors (Lipinski definition) is 6. The molecule has 1 aliphatic rings. The quantitative estimate of drug-likeness (QED) is 0.619. The summed E-state index contributed by atoms with van der Waals surface area (Å²) >= 11 is 0. The molecule has 1 N–H and O–H groups in total. The van der Waals surface area contributed by atoms with E-state index in [0.717, 1.165) is 38.5 Å². The third-order valence-electron chi connectivity index (χ3n) is 5.37. The van der Waals surface area contributed by atoms with E-state index in [4.69, 9.17) is 9.15 Å². The Balaban J connectivity index is 1.64. The lowest BCUT2D eigenvalue weighted by atomic mass is 10.0. The number of H-pyrrole nitrogens is 1. The topological polar surface area (TPSA) is 78.8 Å². The molecule has 0 radical (unpaired) electrons. The van der Waals surface area contributed by atoms with Crippen molar-refractivity contribution >= 4 is 11.8 Å². The van der Waals surface area contributed by atoms with Gasteiger partial charge in [0.15, 0.2) is 5.78 Å². The van der Waals surface area contributed by atoms with Gasteiger partial charge in [-0.3, -0.25) is 14.6 Å². The van der Waals surface area contributed by atoms with Gasteiger partial charge < -0.3 is 14.1 Å². The molecule has 0 saturated carbocycles. The normalized spacial score (nSPS) is 17.0. The van der Waals surface area contributed by atoms with Gasteiger partial charge >= 0.3 is 5.97 Å². The second kappa shape index (κ2) is 8.10. The van der Waals surface area contributed by atoms with Gasteiger partial charge in [-0.05, 0) is 38.5 Å². The van der Waals surface area contributed by atoms with E-state index in [2.05, 4.69) is 14.8 Å². The lowest BCUT2D eigenvalue weighted by Crippen LogP contribution is -2.51. The number of furan rings is 1. The first-order chi connectivity index (χ1) is 12.9. The average molecular weight is 373 g/mol. The fraction of sp³-hybridized carbons (Fsp3) is 0.500. The van der Waals surface area contributed by atoms with E-state index < -0.39 is 5.97 Å². The summed E-state index contributed by atoms with van der Waals surface area (Å²) in [5, 5.41) is 0. The van der Waals surface area contributed by atoms with Crippen molar-refractivity contribution in [3.8, 4) is 0 Å². The zero-order valence-corrected chi connectivity index (χ0v) is 16.4. The van der Waals surface area contributed by atoms with Crippen LogP contribution < -0.4 is 0 Å². The molecule has 1 atom stereocenters. The summed E-state index contributed by atoms with van der Waals surface area (Å²) in [6.07, 6.45) is 1.69. The number of aryl methyl sites for hydroxylation is 1. The van der Waals surface area contributed by atoms with E-state index in [1.807, 2.05) is 19.1 Å². The van der Waals surface area contributed by atoms with Crippen LogP contribution in [0.25, 0.3) is 0 Å². The maximum absolute atomic E-state index is 13.0. The van der Waals surface area contributed by atoms with Gasteiger partial charge in [-0.1, -0.05) is 0 Å². The molecule has 0 amide bonds. The second-order valence-corrected chi connectivity index (χ2v) is 7.05. The molecule has 1 saturated heterocycles. The van der Waals surface area contributed by atoms with Crippen molar-refractivity contribution in [3.63, 3.8) is 0 Å². The standard InChI is InChI=1S/C20H27N3O4/c1-13-17(20(25)26-4)14(2)21-18(13)19(24)15(3)23-9-7-22(8-10-23)12-16-6-5-11-27-16/h5-6,11,15,21H,7-10,12H2,1-4H3/t15-/m1/s1. The van der Waals surface area contributed by atoms with Gasteiger partial charge in [0.2, 0.25) is 0 Å². The molecule has 0 bridgehead atoms. The van der Waals surface area contributed by atoms with Crippen LogP contribution in [-0.2, 0) is 11.3 Å². The minimum Gasteiger partial charge on any atom is -0.468 e. The molecule has 0 spiro atoms. The van der Waals surface area contributed by atoms with Crippen LogP contribution in [0.5, 0.6) is 0 Å². The van der Waals surface area contributed by atoms with Gasteiger partial charge in [-0.2, -0.15) is 0 Å². The van der Waals surface area contributed by atoms with Crippen LogP contribution in [0.3, 0.4) is 0 Å². The largest absolute Gasteiger partial charge is 0.468 e. The Kier molecular flexibility index (Phi) is 5.82. The number of Topliss-reactive ketones (excluding diaryl/α,β-unsaturated/α-hetero) is 1. The van der Waals surface area contributed by atoms with Crippen molar-refractivity contribution in [2.24, 2.45) is 0 Å². The van der Waals surface area contributed by atoms with E-state index in [1.54, 1.807) is 20.1 Å². The Labute approximate surface area is 159 Å². The summed E-state index contributed by atoms with van der Waals surface area (Å²) in [4.78, 5) is 32.6. The van der Waals surface area contributed by atoms with Crippen molar-refractivity contribution in [3.05, 3.63) is 46.7 Å². The van der Waals surface area contributed by atoms with Crippen LogP contribution in [0.15, 0.2) is 22.8 Å². The molecule has 0 aliphatic carbocycles. The van der Waals surface area contributed by atoms with Gasteiger partial charge in [0.05, 0.1) is 37.2 Å². The number of carbonyl (C=O) groups is 2. The fourth-order valence-electron chi connectivity index (χ4n) is 3.71. The summed E-state index contributed by atoms with van der Waals surface area (Å²) in [6.45, 7) is 9.69. The number of aromatic amines is 1. The molecule has 0 unspecified atom stereocenters. The number of ketones is 1. The number of carbonyl (C=O) groups excluding carboxylic acids is 2. The molecule has 7 nitrogen and oxygen atoms in total. The zero-order valence-electron chi connectivity index (χ0n) is 16.4. The highest BCUT2D eigenvalue weighted by Crippen LogP contribution is 2.22. The van der Waals surface area contributed by atoms with Gasteiger partial charge in [0.1, 0.15) is 5.76 Å². The van der Waals surface area contributed by atoms with Gasteiger partial charge in [-0.25, -0.2) is 4.79 Å². The number of piperazine rings is 1. The molecular formula is C20H27N3O4. The number of ether oxygens (including phenoxy) is 1. The maximum atomic E-state index is 13.0. The maximum Gasteiger partial charge on any atom is 0.339 e. The molecule has 2 aromatic rings. The van der Waals surface area contributed by atoms with Gasteiger partial charge in [0.25, 0.3) is 0 Å². The molecule has 0 aromatic carbocycles. The molecule has 27 heavy (non-hydrogen) atoms. The van der Waals surface area contributed by atoms with Crippen LogP contribution in [0.2, 0.25) is 0 Å². The first kappa shape index (κ1) is 19.4. The van der Waals surface area contributed by atoms with Crippen molar-refractivity contribution in [1.29, 1.82) is 0 Å². The number of hydrogen-bond donors (Lipinski definition) is 1. The van der Waals surface area contributed by atoms with E-state index in [-0.39, 0.29) is 11.8 Å². The molecule has 146 valence electrons. The first-order valence-electron chi connectivity index (χ1n) is 9.22. The Morgan fingerprint density at radius 1 is 1.26 bits per heavy atom. The molecular weight excluding hydrogens is 346 g/mol. The summed E-state index contributed by atoms with van der Waals surface area (Å²) in [5.74, 6) is 0.546. The molecule has 7 heteroatoms. The summed E-state index contributed by atoms with van der Waals surface area (Å²) in [5.41, 5.74) is 2.28. The van der Waals surface area contributed by atoms with Crippen molar-refractivity contribution in [2.75, 3.05) is 33.3 Å². The third-order valence-corrected chi connectivity index (χ3v) is 5.37. The highest BCUT2D eigenvalue weighted by atomic mass is 16.5. The number of aromatic nitrogens is 1. The SMILES string of the molecule is COC(=O)c1c(C)[nH]c(C(=O)[C@@H](C)N2CCN(Cc3ccco3)CC2)c1C. The predicted molar refractivity (Wildman–Crippen MR) is 101 cm³/mol. The van der Waals surface area contributed by atoms with Crippen molar-refractivity contribution < 1.29 is 18.7 Å².